The molecular formula is C52H36N4S. The van der Waals surface area contributed by atoms with Crippen molar-refractivity contribution in [2.24, 2.45) is 0 Å². The number of benzene rings is 7. The van der Waals surface area contributed by atoms with E-state index < -0.39 is 0 Å². The highest BCUT2D eigenvalue weighted by molar-refractivity contribution is 7.25. The SMILES string of the molecule is C=C/C=C(\C(=C(/C)c1nc(-c2ccccc2)nc(-c2ccccc2)n1)n1c2ccccc2c2c(-c3ccc4sc5ccccc5c4c3)cccc21)c1ccccc1. The number of para-hydroxylation sites is 1. The number of rotatable bonds is 8. The number of allylic oxidation sites excluding steroid dienone is 5. The molecule has 0 amide bonds. The predicted octanol–water partition coefficient (Wildman–Crippen LogP) is 14.0. The highest BCUT2D eigenvalue weighted by atomic mass is 32.1. The Hall–Kier alpha value is -7.21. The molecule has 0 N–H and O–H groups in total. The normalized spacial score (nSPS) is 12.4. The summed E-state index contributed by atoms with van der Waals surface area (Å²) in [5.74, 6) is 1.83. The summed E-state index contributed by atoms with van der Waals surface area (Å²) in [7, 11) is 0. The minimum absolute atomic E-state index is 0.598. The third kappa shape index (κ3) is 6.06. The molecule has 0 aliphatic rings. The van der Waals surface area contributed by atoms with E-state index in [1.165, 1.54) is 42.1 Å². The van der Waals surface area contributed by atoms with Gasteiger partial charge in [0.25, 0.3) is 0 Å². The van der Waals surface area contributed by atoms with Crippen LogP contribution in [-0.2, 0) is 0 Å². The molecule has 4 nitrogen and oxygen atoms in total. The standard InChI is InChI=1S/C52H36N4S/c1-3-18-40(35-19-7-4-8-20-35)49(34(2)50-53-51(36-21-9-5-10-22-36)55-52(54-50)37-23-11-6-12-24-37)56-44-28-15-13-26-42(44)48-39(27-17-29-45(48)56)38-31-32-47-43(33-38)41-25-14-16-30-46(41)57-47/h3-33H,1H2,2H3/b40-18-,49-34-. The Balaban J connectivity index is 1.30. The molecule has 10 rings (SSSR count). The van der Waals surface area contributed by atoms with E-state index in [2.05, 4.69) is 139 Å². The van der Waals surface area contributed by atoms with Crippen LogP contribution in [0.15, 0.2) is 195 Å². The summed E-state index contributed by atoms with van der Waals surface area (Å²) in [6.07, 6.45) is 3.97. The van der Waals surface area contributed by atoms with Gasteiger partial charge < -0.3 is 4.57 Å². The molecular weight excluding hydrogens is 713 g/mol. The topological polar surface area (TPSA) is 43.6 Å². The van der Waals surface area contributed by atoms with Gasteiger partial charge in [0.2, 0.25) is 0 Å². The second-order valence-corrected chi connectivity index (χ2v) is 15.1. The van der Waals surface area contributed by atoms with E-state index in [1.54, 1.807) is 0 Å². The molecule has 0 atom stereocenters. The van der Waals surface area contributed by atoms with E-state index in [0.717, 1.165) is 44.6 Å². The summed E-state index contributed by atoms with van der Waals surface area (Å²) in [5, 5.41) is 4.93. The maximum Gasteiger partial charge on any atom is 0.164 e. The fourth-order valence-electron chi connectivity index (χ4n) is 8.01. The van der Waals surface area contributed by atoms with Crippen LogP contribution in [0.3, 0.4) is 0 Å². The average molecular weight is 749 g/mol. The van der Waals surface area contributed by atoms with Gasteiger partial charge >= 0.3 is 0 Å². The van der Waals surface area contributed by atoms with E-state index in [1.807, 2.05) is 78.1 Å². The minimum atomic E-state index is 0.598. The van der Waals surface area contributed by atoms with Crippen LogP contribution in [0.5, 0.6) is 0 Å². The maximum absolute atomic E-state index is 5.22. The number of fused-ring (bicyclic) bond motifs is 6. The van der Waals surface area contributed by atoms with Crippen molar-refractivity contribution in [3.8, 4) is 33.9 Å². The Morgan fingerprint density at radius 2 is 1.14 bits per heavy atom. The van der Waals surface area contributed by atoms with Crippen LogP contribution < -0.4 is 0 Å². The van der Waals surface area contributed by atoms with Gasteiger partial charge in [0.1, 0.15) is 0 Å². The molecule has 0 unspecified atom stereocenters. The van der Waals surface area contributed by atoms with Crippen molar-refractivity contribution in [3.05, 3.63) is 206 Å². The molecule has 0 aliphatic heterocycles. The van der Waals surface area contributed by atoms with Gasteiger partial charge in [-0.2, -0.15) is 0 Å². The number of hydrogen-bond donors (Lipinski definition) is 0. The maximum atomic E-state index is 5.22. The van der Waals surface area contributed by atoms with Crippen molar-refractivity contribution in [1.82, 2.24) is 19.5 Å². The molecule has 10 aromatic rings. The average Bonchev–Trinajstić information content (AvgIpc) is 3.82. The molecule has 0 spiro atoms. The van der Waals surface area contributed by atoms with E-state index in [-0.39, 0.29) is 0 Å². The number of nitrogens with zero attached hydrogens (tertiary/aromatic N) is 4. The molecule has 3 aromatic heterocycles. The van der Waals surface area contributed by atoms with Crippen LogP contribution in [0.2, 0.25) is 0 Å². The smallest absolute Gasteiger partial charge is 0.164 e. The molecule has 0 saturated carbocycles. The fourth-order valence-corrected chi connectivity index (χ4v) is 9.10. The minimum Gasteiger partial charge on any atom is -0.308 e. The van der Waals surface area contributed by atoms with Crippen LogP contribution in [-0.4, -0.2) is 19.5 Å². The number of hydrogen-bond acceptors (Lipinski definition) is 4. The summed E-state index contributed by atoms with van der Waals surface area (Å²) in [4.78, 5) is 15.5. The lowest BCUT2D eigenvalue weighted by atomic mass is 9.97. The fraction of sp³-hybridized carbons (Fsp3) is 0.0192. The molecule has 3 heterocycles. The van der Waals surface area contributed by atoms with Crippen LogP contribution in [0, 0.1) is 0 Å². The van der Waals surface area contributed by atoms with Gasteiger partial charge in [0, 0.05) is 53.2 Å². The van der Waals surface area contributed by atoms with Gasteiger partial charge in [-0.25, -0.2) is 15.0 Å². The van der Waals surface area contributed by atoms with E-state index in [4.69, 9.17) is 15.0 Å². The predicted molar refractivity (Wildman–Crippen MR) is 242 cm³/mol. The van der Waals surface area contributed by atoms with Crippen molar-refractivity contribution in [2.75, 3.05) is 0 Å². The van der Waals surface area contributed by atoms with Crippen LogP contribution in [0.25, 0.3) is 92.7 Å². The number of aromatic nitrogens is 4. The number of thiophene rings is 1. The van der Waals surface area contributed by atoms with Crippen molar-refractivity contribution in [2.45, 2.75) is 6.92 Å². The lowest BCUT2D eigenvalue weighted by Crippen LogP contribution is -2.07. The zero-order valence-corrected chi connectivity index (χ0v) is 32.1. The highest BCUT2D eigenvalue weighted by Gasteiger charge is 2.24. The molecule has 57 heavy (non-hydrogen) atoms. The lowest BCUT2D eigenvalue weighted by Gasteiger charge is -2.20. The summed E-state index contributed by atoms with van der Waals surface area (Å²) >= 11 is 1.84. The summed E-state index contributed by atoms with van der Waals surface area (Å²) in [6.45, 7) is 6.33. The van der Waals surface area contributed by atoms with Gasteiger partial charge in [0.15, 0.2) is 17.5 Å². The Labute approximate surface area is 335 Å². The van der Waals surface area contributed by atoms with Crippen LogP contribution in [0.4, 0.5) is 0 Å². The molecule has 0 aliphatic carbocycles. The Bertz CT molecular complexity index is 3130. The Morgan fingerprint density at radius 3 is 1.84 bits per heavy atom. The Kier molecular flexibility index (Phi) is 8.70. The summed E-state index contributed by atoms with van der Waals surface area (Å²) < 4.78 is 4.99. The molecule has 0 radical (unpaired) electrons. The van der Waals surface area contributed by atoms with E-state index in [9.17, 15) is 0 Å². The van der Waals surface area contributed by atoms with E-state index in [0.29, 0.717) is 17.5 Å². The monoisotopic (exact) mass is 748 g/mol. The summed E-state index contributed by atoms with van der Waals surface area (Å²) in [6, 6.07) is 61.8. The molecule has 270 valence electrons. The van der Waals surface area contributed by atoms with Crippen molar-refractivity contribution < 1.29 is 0 Å². The zero-order chi connectivity index (χ0) is 38.3. The first-order chi connectivity index (χ1) is 28.2. The van der Waals surface area contributed by atoms with Crippen LogP contribution in [0.1, 0.15) is 18.3 Å². The third-order valence-corrected chi connectivity index (χ3v) is 11.8. The van der Waals surface area contributed by atoms with Crippen LogP contribution >= 0.6 is 11.3 Å². The first-order valence-electron chi connectivity index (χ1n) is 19.1. The Morgan fingerprint density at radius 1 is 0.544 bits per heavy atom. The molecule has 7 aromatic carbocycles. The van der Waals surface area contributed by atoms with Gasteiger partial charge in [-0.3, -0.25) is 0 Å². The molecule has 0 saturated heterocycles. The molecule has 5 heteroatoms. The lowest BCUT2D eigenvalue weighted by molar-refractivity contribution is 1.03. The second-order valence-electron chi connectivity index (χ2n) is 14.1. The van der Waals surface area contributed by atoms with Crippen molar-refractivity contribution >= 4 is 70.2 Å². The second kappa shape index (κ2) is 14.5. The summed E-state index contributed by atoms with van der Waals surface area (Å²) in [5.41, 5.74) is 10.3. The quantitative estimate of drug-likeness (QED) is 0.145. The molecule has 0 fully saturated rings. The largest absolute Gasteiger partial charge is 0.308 e. The highest BCUT2D eigenvalue weighted by Crippen LogP contribution is 2.44. The zero-order valence-electron chi connectivity index (χ0n) is 31.3. The van der Waals surface area contributed by atoms with E-state index >= 15 is 0 Å². The van der Waals surface area contributed by atoms with Crippen molar-refractivity contribution in [1.29, 1.82) is 0 Å². The van der Waals surface area contributed by atoms with Gasteiger partial charge in [-0.1, -0.05) is 164 Å². The molecule has 0 bridgehead atoms. The van der Waals surface area contributed by atoms with Gasteiger partial charge in [-0.05, 0) is 53.9 Å². The van der Waals surface area contributed by atoms with Gasteiger partial charge in [-0.15, -0.1) is 11.3 Å². The first-order valence-corrected chi connectivity index (χ1v) is 19.9. The van der Waals surface area contributed by atoms with Crippen molar-refractivity contribution in [3.63, 3.8) is 0 Å². The third-order valence-electron chi connectivity index (χ3n) is 10.6. The van der Waals surface area contributed by atoms with Gasteiger partial charge in [0.05, 0.1) is 16.7 Å². The first kappa shape index (κ1) is 34.3.